The fourth-order valence-corrected chi connectivity index (χ4v) is 10.2. The number of hydrogen-bond donors (Lipinski definition) is 0. The van der Waals surface area contributed by atoms with Crippen molar-refractivity contribution in [2.75, 3.05) is 9.80 Å². The Labute approximate surface area is 337 Å². The molecule has 7 aromatic carbocycles. The van der Waals surface area contributed by atoms with Crippen molar-refractivity contribution in [2.45, 2.75) is 13.8 Å². The van der Waals surface area contributed by atoms with Crippen LogP contribution in [0.25, 0.3) is 44.5 Å². The Kier molecular flexibility index (Phi) is 9.90. The standard InChI is InChI=1S/C52H40N2S2/c1-37-47(39-21-9-3-10-22-39)49(41-25-13-5-14-26-41)51(55-37)53(43-29-17-7-18-30-43)45-33-35-46(36-34-45)54(44-31-19-8-20-32-44)52-50(42-27-15-6-16-28-42)48(38(2)56-52)40-23-11-4-12-24-40/h3-36H,1-2H3. The minimum absolute atomic E-state index is 1.10. The highest BCUT2D eigenvalue weighted by molar-refractivity contribution is 7.18. The van der Waals surface area contributed by atoms with Gasteiger partial charge in [-0.05, 0) is 84.6 Å². The highest BCUT2D eigenvalue weighted by Crippen LogP contribution is 2.54. The largest absolute Gasteiger partial charge is 0.301 e. The van der Waals surface area contributed by atoms with Gasteiger partial charge in [0, 0.05) is 54.8 Å². The quantitative estimate of drug-likeness (QED) is 0.137. The highest BCUT2D eigenvalue weighted by Gasteiger charge is 2.27. The van der Waals surface area contributed by atoms with Crippen molar-refractivity contribution < 1.29 is 0 Å². The fraction of sp³-hybridized carbons (Fsp3) is 0.0385. The molecule has 2 heterocycles. The molecule has 4 heteroatoms. The predicted octanol–water partition coefficient (Wildman–Crippen LogP) is 16.0. The van der Waals surface area contributed by atoms with Crippen LogP contribution in [-0.4, -0.2) is 0 Å². The Morgan fingerprint density at radius 1 is 0.268 bits per heavy atom. The Balaban J connectivity index is 1.23. The summed E-state index contributed by atoms with van der Waals surface area (Å²) < 4.78 is 0. The lowest BCUT2D eigenvalue weighted by Gasteiger charge is -2.28. The predicted molar refractivity (Wildman–Crippen MR) is 243 cm³/mol. The molecule has 0 atom stereocenters. The molecule has 9 aromatic rings. The Morgan fingerprint density at radius 3 is 0.786 bits per heavy atom. The number of thiophene rings is 2. The van der Waals surface area contributed by atoms with E-state index in [9.17, 15) is 0 Å². The van der Waals surface area contributed by atoms with E-state index in [1.807, 2.05) is 22.7 Å². The van der Waals surface area contributed by atoms with Crippen LogP contribution in [0.4, 0.5) is 32.8 Å². The second kappa shape index (κ2) is 15.7. The van der Waals surface area contributed by atoms with Crippen molar-refractivity contribution >= 4 is 55.4 Å². The Hall–Kier alpha value is -6.46. The summed E-state index contributed by atoms with van der Waals surface area (Å²) in [6, 6.07) is 74.0. The van der Waals surface area contributed by atoms with E-state index in [4.69, 9.17) is 0 Å². The minimum Gasteiger partial charge on any atom is -0.301 e. The summed E-state index contributed by atoms with van der Waals surface area (Å²) in [7, 11) is 0. The smallest absolute Gasteiger partial charge is 0.109 e. The molecule has 0 radical (unpaired) electrons. The van der Waals surface area contributed by atoms with Gasteiger partial charge in [-0.25, -0.2) is 0 Å². The van der Waals surface area contributed by atoms with Gasteiger partial charge in [0.25, 0.3) is 0 Å². The number of nitrogens with zero attached hydrogens (tertiary/aromatic N) is 2. The van der Waals surface area contributed by atoms with E-state index in [-0.39, 0.29) is 0 Å². The van der Waals surface area contributed by atoms with Gasteiger partial charge in [-0.2, -0.15) is 0 Å². The average molecular weight is 757 g/mol. The molecular weight excluding hydrogens is 717 g/mol. The van der Waals surface area contributed by atoms with E-state index in [0.29, 0.717) is 0 Å². The first-order valence-electron chi connectivity index (χ1n) is 18.9. The Morgan fingerprint density at radius 2 is 0.500 bits per heavy atom. The second-order valence-corrected chi connectivity index (χ2v) is 16.2. The molecule has 0 aliphatic carbocycles. The normalized spacial score (nSPS) is 11.0. The third-order valence-electron chi connectivity index (χ3n) is 10.2. The maximum Gasteiger partial charge on any atom is 0.109 e. The molecule has 2 aromatic heterocycles. The first kappa shape index (κ1) is 35.3. The third-order valence-corrected chi connectivity index (χ3v) is 12.4. The van der Waals surface area contributed by atoms with Crippen molar-refractivity contribution in [1.82, 2.24) is 0 Å². The van der Waals surface area contributed by atoms with Gasteiger partial charge in [0.05, 0.1) is 0 Å². The summed E-state index contributed by atoms with van der Waals surface area (Å²) in [5.41, 5.74) is 14.3. The maximum atomic E-state index is 2.43. The number of para-hydroxylation sites is 2. The molecule has 0 saturated heterocycles. The molecule has 0 fully saturated rings. The van der Waals surface area contributed by atoms with Crippen LogP contribution in [0.15, 0.2) is 206 Å². The highest BCUT2D eigenvalue weighted by atomic mass is 32.1. The number of rotatable bonds is 10. The van der Waals surface area contributed by atoms with Crippen LogP contribution in [-0.2, 0) is 0 Å². The van der Waals surface area contributed by atoms with Crippen molar-refractivity contribution in [3.63, 3.8) is 0 Å². The molecule has 0 bridgehead atoms. The van der Waals surface area contributed by atoms with E-state index < -0.39 is 0 Å². The molecule has 56 heavy (non-hydrogen) atoms. The van der Waals surface area contributed by atoms with E-state index in [1.54, 1.807) is 0 Å². The number of anilines is 6. The molecule has 0 spiro atoms. The van der Waals surface area contributed by atoms with Crippen molar-refractivity contribution in [3.8, 4) is 44.5 Å². The summed E-state index contributed by atoms with van der Waals surface area (Å²) in [6.45, 7) is 4.51. The lowest BCUT2D eigenvalue weighted by atomic mass is 9.95. The van der Waals surface area contributed by atoms with Crippen molar-refractivity contribution in [2.24, 2.45) is 0 Å². The molecular formula is C52H40N2S2. The van der Waals surface area contributed by atoms with Gasteiger partial charge < -0.3 is 9.80 Å². The van der Waals surface area contributed by atoms with E-state index in [0.717, 1.165) is 22.7 Å². The van der Waals surface area contributed by atoms with Crippen molar-refractivity contribution in [3.05, 3.63) is 216 Å². The van der Waals surface area contributed by atoms with Gasteiger partial charge >= 0.3 is 0 Å². The third kappa shape index (κ3) is 6.75. The topological polar surface area (TPSA) is 6.48 Å². The molecule has 0 aliphatic heterocycles. The first-order chi connectivity index (χ1) is 27.7. The monoisotopic (exact) mass is 756 g/mol. The van der Waals surface area contributed by atoms with E-state index in [2.05, 4.69) is 230 Å². The minimum atomic E-state index is 1.10. The summed E-state index contributed by atoms with van der Waals surface area (Å²) in [5.74, 6) is 0. The summed E-state index contributed by atoms with van der Waals surface area (Å²) >= 11 is 3.70. The number of benzene rings is 7. The van der Waals surface area contributed by atoms with Crippen molar-refractivity contribution in [1.29, 1.82) is 0 Å². The Bertz CT molecular complexity index is 2480. The van der Waals surface area contributed by atoms with Crippen LogP contribution >= 0.6 is 22.7 Å². The summed E-state index contributed by atoms with van der Waals surface area (Å²) in [5, 5.41) is 2.39. The molecule has 9 rings (SSSR count). The zero-order chi connectivity index (χ0) is 37.8. The fourth-order valence-electron chi connectivity index (χ4n) is 7.70. The van der Waals surface area contributed by atoms with Crippen LogP contribution in [0.5, 0.6) is 0 Å². The van der Waals surface area contributed by atoms with Gasteiger partial charge in [0.15, 0.2) is 0 Å². The summed E-state index contributed by atoms with van der Waals surface area (Å²) in [6.07, 6.45) is 0. The van der Waals surface area contributed by atoms with Crippen LogP contribution < -0.4 is 9.80 Å². The summed E-state index contributed by atoms with van der Waals surface area (Å²) in [4.78, 5) is 7.44. The van der Waals surface area contributed by atoms with Crippen LogP contribution in [0.2, 0.25) is 0 Å². The van der Waals surface area contributed by atoms with Gasteiger partial charge in [-0.15, -0.1) is 22.7 Å². The second-order valence-electron chi connectivity index (χ2n) is 13.7. The van der Waals surface area contributed by atoms with Gasteiger partial charge in [0.2, 0.25) is 0 Å². The van der Waals surface area contributed by atoms with Crippen LogP contribution in [0.3, 0.4) is 0 Å². The number of aryl methyl sites for hydroxylation is 2. The van der Waals surface area contributed by atoms with Gasteiger partial charge in [-0.3, -0.25) is 0 Å². The van der Waals surface area contributed by atoms with Gasteiger partial charge in [-0.1, -0.05) is 158 Å². The lowest BCUT2D eigenvalue weighted by molar-refractivity contribution is 1.28. The molecule has 0 saturated carbocycles. The van der Waals surface area contributed by atoms with Gasteiger partial charge in [0.1, 0.15) is 10.0 Å². The molecule has 0 aliphatic rings. The molecule has 2 nitrogen and oxygen atoms in total. The number of hydrogen-bond acceptors (Lipinski definition) is 4. The first-order valence-corrected chi connectivity index (χ1v) is 20.6. The average Bonchev–Trinajstić information content (AvgIpc) is 3.79. The van der Waals surface area contributed by atoms with Crippen LogP contribution in [0, 0.1) is 13.8 Å². The van der Waals surface area contributed by atoms with Crippen LogP contribution in [0.1, 0.15) is 9.75 Å². The molecule has 0 unspecified atom stereocenters. The molecule has 0 amide bonds. The molecule has 270 valence electrons. The zero-order valence-electron chi connectivity index (χ0n) is 31.3. The maximum absolute atomic E-state index is 2.43. The van der Waals surface area contributed by atoms with E-state index >= 15 is 0 Å². The zero-order valence-corrected chi connectivity index (χ0v) is 33.0. The lowest BCUT2D eigenvalue weighted by Crippen LogP contribution is -2.12. The SMILES string of the molecule is Cc1sc(N(c2ccccc2)c2ccc(N(c3ccccc3)c3sc(C)c(-c4ccccc4)c3-c3ccccc3)cc2)c(-c2ccccc2)c1-c1ccccc1. The molecule has 0 N–H and O–H groups in total. The van der Waals surface area contributed by atoms with E-state index in [1.165, 1.54) is 64.3 Å².